The summed E-state index contributed by atoms with van der Waals surface area (Å²) in [5, 5.41) is 2.99. The van der Waals surface area contributed by atoms with Crippen LogP contribution in [0.25, 0.3) is 0 Å². The highest BCUT2D eigenvalue weighted by Crippen LogP contribution is 2.44. The topological polar surface area (TPSA) is 75.4 Å². The Kier molecular flexibility index (Phi) is 3.81. The molecule has 2 aliphatic rings. The molecule has 4 rings (SSSR count). The molecule has 2 aromatic carbocycles. The van der Waals surface area contributed by atoms with Gasteiger partial charge in [0.15, 0.2) is 0 Å². The second kappa shape index (κ2) is 6.01. The SMILES string of the molecule is NCc1ccc(C(=O)N2CCC3(CC2)C(=O)Nc2ccccc23)cc1. The van der Waals surface area contributed by atoms with Gasteiger partial charge >= 0.3 is 0 Å². The molecule has 0 aromatic heterocycles. The van der Waals surface area contributed by atoms with Crippen LogP contribution in [0.3, 0.4) is 0 Å². The number of fused-ring (bicyclic) bond motifs is 2. The molecule has 128 valence electrons. The molecule has 0 aliphatic carbocycles. The first kappa shape index (κ1) is 15.8. The summed E-state index contributed by atoms with van der Waals surface area (Å²) in [6, 6.07) is 15.3. The minimum absolute atomic E-state index is 0.0186. The first-order valence-electron chi connectivity index (χ1n) is 8.63. The molecule has 1 spiro atoms. The van der Waals surface area contributed by atoms with Crippen LogP contribution in [0.5, 0.6) is 0 Å². The number of benzene rings is 2. The van der Waals surface area contributed by atoms with Gasteiger partial charge in [0.05, 0.1) is 5.41 Å². The van der Waals surface area contributed by atoms with Gasteiger partial charge in [0, 0.05) is 30.9 Å². The Morgan fingerprint density at radius 3 is 2.44 bits per heavy atom. The first-order chi connectivity index (χ1) is 12.1. The van der Waals surface area contributed by atoms with E-state index in [0.717, 1.165) is 16.8 Å². The first-order valence-corrected chi connectivity index (χ1v) is 8.63. The molecule has 2 aromatic rings. The van der Waals surface area contributed by atoms with Crippen molar-refractivity contribution in [3.8, 4) is 0 Å². The number of nitrogens with zero attached hydrogens (tertiary/aromatic N) is 1. The van der Waals surface area contributed by atoms with Crippen molar-refractivity contribution in [1.29, 1.82) is 0 Å². The zero-order valence-electron chi connectivity index (χ0n) is 14.0. The Labute approximate surface area is 146 Å². The van der Waals surface area contributed by atoms with E-state index in [1.165, 1.54) is 0 Å². The van der Waals surface area contributed by atoms with Crippen LogP contribution in [0.2, 0.25) is 0 Å². The molecule has 2 aliphatic heterocycles. The highest BCUT2D eigenvalue weighted by atomic mass is 16.2. The van der Waals surface area contributed by atoms with Crippen molar-refractivity contribution in [3.05, 3.63) is 65.2 Å². The average molecular weight is 335 g/mol. The second-order valence-corrected chi connectivity index (χ2v) is 6.78. The van der Waals surface area contributed by atoms with Gasteiger partial charge in [-0.25, -0.2) is 0 Å². The molecular formula is C20H21N3O2. The second-order valence-electron chi connectivity index (χ2n) is 6.78. The molecule has 1 fully saturated rings. The van der Waals surface area contributed by atoms with Gasteiger partial charge in [0.1, 0.15) is 0 Å². The predicted octanol–water partition coefficient (Wildman–Crippen LogP) is 2.27. The lowest BCUT2D eigenvalue weighted by molar-refractivity contribution is -0.122. The van der Waals surface area contributed by atoms with Crippen molar-refractivity contribution in [3.63, 3.8) is 0 Å². The number of carbonyl (C=O) groups is 2. The normalized spacial score (nSPS) is 18.1. The Morgan fingerprint density at radius 2 is 1.76 bits per heavy atom. The number of rotatable bonds is 2. The monoisotopic (exact) mass is 335 g/mol. The molecule has 0 saturated carbocycles. The van der Waals surface area contributed by atoms with Crippen LogP contribution in [0.15, 0.2) is 48.5 Å². The van der Waals surface area contributed by atoms with Crippen molar-refractivity contribution in [2.75, 3.05) is 18.4 Å². The molecule has 5 heteroatoms. The van der Waals surface area contributed by atoms with Gasteiger partial charge in [-0.3, -0.25) is 9.59 Å². The smallest absolute Gasteiger partial charge is 0.253 e. The Morgan fingerprint density at radius 1 is 1.08 bits per heavy atom. The summed E-state index contributed by atoms with van der Waals surface area (Å²) in [5.41, 5.74) is 8.77. The molecule has 0 atom stereocenters. The fourth-order valence-electron chi connectivity index (χ4n) is 3.93. The van der Waals surface area contributed by atoms with Crippen LogP contribution in [-0.2, 0) is 16.8 Å². The van der Waals surface area contributed by atoms with Crippen LogP contribution in [0.4, 0.5) is 5.69 Å². The quantitative estimate of drug-likeness (QED) is 0.884. The Balaban J connectivity index is 1.51. The number of amides is 2. The average Bonchev–Trinajstić information content (AvgIpc) is 2.94. The van der Waals surface area contributed by atoms with E-state index in [4.69, 9.17) is 5.73 Å². The van der Waals surface area contributed by atoms with E-state index in [1.54, 1.807) is 0 Å². The van der Waals surface area contributed by atoms with Crippen LogP contribution >= 0.6 is 0 Å². The zero-order chi connectivity index (χ0) is 17.4. The maximum absolute atomic E-state index is 12.7. The fraction of sp³-hybridized carbons (Fsp3) is 0.300. The Hall–Kier alpha value is -2.66. The van der Waals surface area contributed by atoms with E-state index >= 15 is 0 Å². The molecule has 0 radical (unpaired) electrons. The third-order valence-electron chi connectivity index (χ3n) is 5.47. The van der Waals surface area contributed by atoms with E-state index in [1.807, 2.05) is 53.4 Å². The van der Waals surface area contributed by atoms with Gasteiger partial charge in [0.25, 0.3) is 5.91 Å². The molecule has 0 unspecified atom stereocenters. The van der Waals surface area contributed by atoms with Crippen LogP contribution in [0, 0.1) is 0 Å². The van der Waals surface area contributed by atoms with E-state index in [0.29, 0.717) is 38.0 Å². The predicted molar refractivity (Wildman–Crippen MR) is 96.2 cm³/mol. The van der Waals surface area contributed by atoms with E-state index < -0.39 is 5.41 Å². The van der Waals surface area contributed by atoms with E-state index in [-0.39, 0.29) is 11.8 Å². The molecule has 25 heavy (non-hydrogen) atoms. The molecule has 1 saturated heterocycles. The zero-order valence-corrected chi connectivity index (χ0v) is 14.0. The number of likely N-dealkylation sites (tertiary alicyclic amines) is 1. The number of carbonyl (C=O) groups excluding carboxylic acids is 2. The van der Waals surface area contributed by atoms with Crippen LogP contribution in [0.1, 0.15) is 34.3 Å². The molecule has 2 amide bonds. The van der Waals surface area contributed by atoms with Gasteiger partial charge in [-0.15, -0.1) is 0 Å². The molecule has 0 bridgehead atoms. The molecular weight excluding hydrogens is 314 g/mol. The van der Waals surface area contributed by atoms with Crippen molar-refractivity contribution >= 4 is 17.5 Å². The summed E-state index contributed by atoms with van der Waals surface area (Å²) < 4.78 is 0. The van der Waals surface area contributed by atoms with Gasteiger partial charge in [-0.1, -0.05) is 30.3 Å². The van der Waals surface area contributed by atoms with Crippen molar-refractivity contribution < 1.29 is 9.59 Å². The summed E-state index contributed by atoms with van der Waals surface area (Å²) in [6.07, 6.45) is 1.31. The maximum Gasteiger partial charge on any atom is 0.253 e. The highest BCUT2D eigenvalue weighted by Gasteiger charge is 2.48. The van der Waals surface area contributed by atoms with Crippen molar-refractivity contribution in [1.82, 2.24) is 4.90 Å². The summed E-state index contributed by atoms with van der Waals surface area (Å²) in [5.74, 6) is 0.0817. The lowest BCUT2D eigenvalue weighted by atomic mass is 9.73. The molecule has 3 N–H and O–H groups in total. The van der Waals surface area contributed by atoms with Crippen molar-refractivity contribution in [2.45, 2.75) is 24.8 Å². The largest absolute Gasteiger partial charge is 0.339 e. The fourth-order valence-corrected chi connectivity index (χ4v) is 3.93. The summed E-state index contributed by atoms with van der Waals surface area (Å²) in [4.78, 5) is 27.2. The van der Waals surface area contributed by atoms with Gasteiger partial charge in [0.2, 0.25) is 5.91 Å². The van der Waals surface area contributed by atoms with E-state index in [9.17, 15) is 9.59 Å². The van der Waals surface area contributed by atoms with Crippen LogP contribution < -0.4 is 11.1 Å². The molecule has 5 nitrogen and oxygen atoms in total. The minimum atomic E-state index is -0.489. The third kappa shape index (κ3) is 2.51. The lowest BCUT2D eigenvalue weighted by Crippen LogP contribution is -2.48. The van der Waals surface area contributed by atoms with E-state index in [2.05, 4.69) is 5.32 Å². The number of nitrogens with one attached hydrogen (secondary N) is 1. The third-order valence-corrected chi connectivity index (χ3v) is 5.47. The summed E-state index contributed by atoms with van der Waals surface area (Å²) >= 11 is 0. The van der Waals surface area contributed by atoms with Gasteiger partial charge in [-0.05, 0) is 42.2 Å². The number of anilines is 1. The molecule has 2 heterocycles. The van der Waals surface area contributed by atoms with Gasteiger partial charge < -0.3 is 16.0 Å². The maximum atomic E-state index is 12.7. The summed E-state index contributed by atoms with van der Waals surface area (Å²) in [7, 11) is 0. The number of hydrogen-bond acceptors (Lipinski definition) is 3. The minimum Gasteiger partial charge on any atom is -0.339 e. The van der Waals surface area contributed by atoms with Crippen molar-refractivity contribution in [2.24, 2.45) is 5.73 Å². The number of nitrogens with two attached hydrogens (primary N) is 1. The van der Waals surface area contributed by atoms with Gasteiger partial charge in [-0.2, -0.15) is 0 Å². The highest BCUT2D eigenvalue weighted by molar-refractivity contribution is 6.06. The number of piperidine rings is 1. The van der Waals surface area contributed by atoms with Crippen LogP contribution in [-0.4, -0.2) is 29.8 Å². The number of para-hydroxylation sites is 1. The number of hydrogen-bond donors (Lipinski definition) is 2. The standard InChI is InChI=1S/C20H21N3O2/c21-13-14-5-7-15(8-6-14)18(24)23-11-9-20(10-12-23)16-3-1-2-4-17(16)22-19(20)25/h1-8H,9-13,21H2,(H,22,25). The lowest BCUT2D eigenvalue weighted by Gasteiger charge is -2.38. The Bertz CT molecular complexity index is 821. The summed E-state index contributed by atoms with van der Waals surface area (Å²) in [6.45, 7) is 1.63.